The molecule has 5 atom stereocenters. The van der Waals surface area contributed by atoms with E-state index in [1.54, 1.807) is 4.90 Å². The first-order chi connectivity index (χ1) is 22.2. The molecule has 2 saturated heterocycles. The predicted octanol–water partition coefficient (Wildman–Crippen LogP) is 3.52. The van der Waals surface area contributed by atoms with Gasteiger partial charge in [0.1, 0.15) is 6.04 Å². The number of amides is 4. The van der Waals surface area contributed by atoms with Crippen molar-refractivity contribution in [2.45, 2.75) is 43.1 Å². The second-order valence-electron chi connectivity index (χ2n) is 12.4. The van der Waals surface area contributed by atoms with E-state index in [4.69, 9.17) is 11.6 Å². The number of carbonyl (C=O) groups is 3. The van der Waals surface area contributed by atoms with Crippen LogP contribution < -0.4 is 21.3 Å². The molecule has 4 amide bonds. The third kappa shape index (κ3) is 5.90. The molecule has 3 aromatic rings. The number of halogens is 6. The number of nitrogens with one attached hydrogen (secondary N) is 4. The highest BCUT2D eigenvalue weighted by Gasteiger charge is 2.60. The maximum absolute atomic E-state index is 13.7. The Bertz CT molecular complexity index is 1760. The van der Waals surface area contributed by atoms with Crippen molar-refractivity contribution >= 4 is 35.1 Å². The zero-order valence-electron chi connectivity index (χ0n) is 24.7. The average molecular weight is 682 g/mol. The number of benzene rings is 1. The number of carbonyl (C=O) groups excluding carboxylic acids is 3. The fourth-order valence-corrected chi connectivity index (χ4v) is 6.71. The van der Waals surface area contributed by atoms with Crippen LogP contribution in [0.5, 0.6) is 0 Å². The highest BCUT2D eigenvalue weighted by molar-refractivity contribution is 6.34. The number of hydrogen-bond donors (Lipinski definition) is 4. The smallest absolute Gasteiger partial charge is 0.349 e. The lowest BCUT2D eigenvalue weighted by Gasteiger charge is -2.23. The van der Waals surface area contributed by atoms with Gasteiger partial charge in [0.2, 0.25) is 0 Å². The van der Waals surface area contributed by atoms with Crippen molar-refractivity contribution in [3.8, 4) is 11.3 Å². The van der Waals surface area contributed by atoms with Crippen molar-refractivity contribution in [2.24, 2.45) is 18.9 Å². The highest BCUT2D eigenvalue weighted by atomic mass is 35.5. The number of aromatic nitrogens is 4. The second-order valence-corrected chi connectivity index (χ2v) is 12.8. The minimum Gasteiger partial charge on any atom is -0.349 e. The number of rotatable bonds is 7. The molecule has 7 rings (SSSR count). The molecule has 0 spiro atoms. The highest BCUT2D eigenvalue weighted by Crippen LogP contribution is 2.53. The minimum atomic E-state index is -4.94. The standard InChI is InChI=1S/C29H29ClF5N9O3/c1-42-20(18-12-44(21-7-28(21,31)32)41-23(18)29(33,34)35)9-37-24(42)26(46)38-13-2-3-15(19(30)6-13)25(45)40-22-16-10-43(11-17(16)22)27(47)39-14-4-5-36-8-14/h2-3,6,9,12,14,16-17,21-22,36H,4-5,7-8,10-11H2,1H3,(H,38,46)(H,39,47)(H,40,45)/t14-,16-,17+,21?,22?/m0/s1. The van der Waals surface area contributed by atoms with Crippen LogP contribution in [0.25, 0.3) is 11.3 Å². The number of urea groups is 1. The van der Waals surface area contributed by atoms with Crippen LogP contribution in [-0.4, -0.2) is 86.3 Å². The SMILES string of the molecule is Cn1c(-c2cn(C3CC3(F)F)nc2C(F)(F)F)cnc1C(=O)Nc1ccc(C(=O)NC2[C@H]3CN(C(=O)N[C@H]4CCNC4)C[C@@H]23)c(Cl)c1. The number of imidazole rings is 1. The Morgan fingerprint density at radius 2 is 1.83 bits per heavy atom. The van der Waals surface area contributed by atoms with Gasteiger partial charge >= 0.3 is 12.2 Å². The maximum Gasteiger partial charge on any atom is 0.435 e. The monoisotopic (exact) mass is 681 g/mol. The number of likely N-dealkylation sites (tertiary alicyclic amines) is 1. The summed E-state index contributed by atoms with van der Waals surface area (Å²) in [6, 6.07) is 2.71. The van der Waals surface area contributed by atoms with Gasteiger partial charge in [-0.1, -0.05) is 11.6 Å². The number of alkyl halides is 5. The molecule has 1 aromatic carbocycles. The van der Waals surface area contributed by atoms with Gasteiger partial charge in [-0.25, -0.2) is 18.6 Å². The predicted molar refractivity (Wildman–Crippen MR) is 157 cm³/mol. The van der Waals surface area contributed by atoms with Gasteiger partial charge in [-0.15, -0.1) is 0 Å². The molecule has 4 aliphatic rings. The van der Waals surface area contributed by atoms with Crippen molar-refractivity contribution in [2.75, 3.05) is 31.5 Å². The van der Waals surface area contributed by atoms with E-state index in [1.165, 1.54) is 25.2 Å². The molecule has 0 radical (unpaired) electrons. The summed E-state index contributed by atoms with van der Waals surface area (Å²) in [5.41, 5.74) is -1.64. The summed E-state index contributed by atoms with van der Waals surface area (Å²) in [5.74, 6) is -4.29. The van der Waals surface area contributed by atoms with Crippen molar-refractivity contribution in [3.63, 3.8) is 0 Å². The molecule has 2 aromatic heterocycles. The van der Waals surface area contributed by atoms with Gasteiger partial charge in [0.15, 0.2) is 11.5 Å². The molecule has 0 bridgehead atoms. The van der Waals surface area contributed by atoms with Crippen molar-refractivity contribution in [1.82, 2.24) is 40.2 Å². The Kier molecular flexibility index (Phi) is 7.46. The van der Waals surface area contributed by atoms with Crippen molar-refractivity contribution < 1.29 is 36.3 Å². The fourth-order valence-electron chi connectivity index (χ4n) is 6.45. The molecule has 18 heteroatoms. The maximum atomic E-state index is 13.7. The number of anilines is 1. The molecule has 4 fully saturated rings. The van der Waals surface area contributed by atoms with Crippen molar-refractivity contribution in [1.29, 1.82) is 0 Å². The first-order valence-electron chi connectivity index (χ1n) is 15.0. The van der Waals surface area contributed by atoms with E-state index in [2.05, 4.69) is 31.3 Å². The lowest BCUT2D eigenvalue weighted by atomic mass is 10.2. The molecule has 2 unspecified atom stereocenters. The van der Waals surface area contributed by atoms with E-state index in [1.807, 2.05) is 0 Å². The molecule has 250 valence electrons. The second kappa shape index (κ2) is 11.2. The van der Waals surface area contributed by atoms with E-state index in [9.17, 15) is 36.3 Å². The molecule has 4 N–H and O–H groups in total. The summed E-state index contributed by atoms with van der Waals surface area (Å²) in [6.45, 7) is 2.73. The lowest BCUT2D eigenvalue weighted by molar-refractivity contribution is -0.141. The van der Waals surface area contributed by atoms with Crippen LogP contribution >= 0.6 is 11.6 Å². The summed E-state index contributed by atoms with van der Waals surface area (Å²) in [6.07, 6.45) is -2.75. The third-order valence-electron chi connectivity index (χ3n) is 9.22. The number of hydrogen-bond acceptors (Lipinski definition) is 6. The van der Waals surface area contributed by atoms with Gasteiger partial charge in [-0.05, 0) is 31.2 Å². The van der Waals surface area contributed by atoms with E-state index in [-0.39, 0.29) is 57.7 Å². The van der Waals surface area contributed by atoms with Gasteiger partial charge in [-0.2, -0.15) is 18.3 Å². The quantitative estimate of drug-likeness (QED) is 0.282. The minimum absolute atomic E-state index is 0.0527. The molecule has 2 aliphatic carbocycles. The van der Waals surface area contributed by atoms with Crippen LogP contribution in [0.1, 0.15) is 45.6 Å². The number of fused-ring (bicyclic) bond motifs is 1. The van der Waals surface area contributed by atoms with Crippen LogP contribution in [0.4, 0.5) is 32.4 Å². The van der Waals surface area contributed by atoms with Crippen molar-refractivity contribution in [3.05, 3.63) is 52.7 Å². The molecule has 2 saturated carbocycles. The van der Waals surface area contributed by atoms with Gasteiger partial charge < -0.3 is 30.7 Å². The Labute approximate surface area is 269 Å². The molecule has 12 nitrogen and oxygen atoms in total. The average Bonchev–Trinajstić information content (AvgIpc) is 3.48. The third-order valence-corrected chi connectivity index (χ3v) is 9.53. The summed E-state index contributed by atoms with van der Waals surface area (Å²) < 4.78 is 70.0. The molecule has 4 heterocycles. The Morgan fingerprint density at radius 1 is 1.11 bits per heavy atom. The Hall–Kier alpha value is -4.25. The van der Waals surface area contributed by atoms with Crippen LogP contribution in [0, 0.1) is 11.8 Å². The van der Waals surface area contributed by atoms with E-state index in [0.717, 1.165) is 36.5 Å². The summed E-state index contributed by atoms with van der Waals surface area (Å²) >= 11 is 6.38. The zero-order chi connectivity index (χ0) is 33.4. The molecule has 2 aliphatic heterocycles. The largest absolute Gasteiger partial charge is 0.435 e. The van der Waals surface area contributed by atoms with Crippen LogP contribution in [0.15, 0.2) is 30.6 Å². The zero-order valence-corrected chi connectivity index (χ0v) is 25.5. The van der Waals surface area contributed by atoms with Gasteiger partial charge in [0, 0.05) is 68.9 Å². The number of nitrogens with zero attached hydrogens (tertiary/aromatic N) is 5. The van der Waals surface area contributed by atoms with Crippen LogP contribution in [-0.2, 0) is 13.2 Å². The van der Waals surface area contributed by atoms with E-state index >= 15 is 0 Å². The van der Waals surface area contributed by atoms with E-state index < -0.39 is 47.6 Å². The molecule has 47 heavy (non-hydrogen) atoms. The number of piperidine rings is 1. The first kappa shape index (κ1) is 31.4. The Morgan fingerprint density at radius 3 is 2.45 bits per heavy atom. The molecular weight excluding hydrogens is 653 g/mol. The van der Waals surface area contributed by atoms with Gasteiger partial charge in [0.25, 0.3) is 17.7 Å². The Balaban J connectivity index is 0.974. The fraction of sp³-hybridized carbons (Fsp3) is 0.483. The summed E-state index contributed by atoms with van der Waals surface area (Å²) in [4.78, 5) is 44.3. The lowest BCUT2D eigenvalue weighted by Crippen LogP contribution is -2.46. The van der Waals surface area contributed by atoms with Gasteiger partial charge in [0.05, 0.1) is 28.0 Å². The van der Waals surface area contributed by atoms with Crippen LogP contribution in [0.2, 0.25) is 5.02 Å². The molecular formula is C29H29ClF5N9O3. The van der Waals surface area contributed by atoms with Crippen LogP contribution in [0.3, 0.4) is 0 Å². The normalized spacial score (nSPS) is 25.8. The topological polar surface area (TPSA) is 138 Å². The summed E-state index contributed by atoms with van der Waals surface area (Å²) in [7, 11) is 1.31. The summed E-state index contributed by atoms with van der Waals surface area (Å²) in [5, 5.41) is 15.2. The first-order valence-corrected chi connectivity index (χ1v) is 15.3. The van der Waals surface area contributed by atoms with E-state index in [0.29, 0.717) is 17.8 Å². The van der Waals surface area contributed by atoms with Gasteiger partial charge in [-0.3, -0.25) is 14.3 Å².